The molecule has 1 aromatic carbocycles. The molecule has 16 heavy (non-hydrogen) atoms. The van der Waals surface area contributed by atoms with Crippen molar-refractivity contribution < 1.29 is 4.39 Å². The van der Waals surface area contributed by atoms with Crippen LogP contribution in [0.1, 0.15) is 6.42 Å². The molecule has 0 saturated carbocycles. The Hall–Kier alpha value is -0.580. The smallest absolute Gasteiger partial charge is 0.136 e. The van der Waals surface area contributed by atoms with E-state index >= 15 is 0 Å². The number of hydrogen-bond donors (Lipinski definition) is 1. The summed E-state index contributed by atoms with van der Waals surface area (Å²) in [4.78, 5) is 3.09. The van der Waals surface area contributed by atoms with Crippen molar-refractivity contribution in [1.82, 2.24) is 4.90 Å². The Balaban J connectivity index is 1.74. The largest absolute Gasteiger partial charge is 0.326 e. The van der Waals surface area contributed by atoms with Crippen LogP contribution in [0.15, 0.2) is 29.2 Å². The van der Waals surface area contributed by atoms with Gasteiger partial charge in [-0.2, -0.15) is 0 Å². The van der Waals surface area contributed by atoms with Gasteiger partial charge in [0.05, 0.1) is 0 Å². The lowest BCUT2D eigenvalue weighted by atomic mass is 10.3. The molecule has 0 bridgehead atoms. The third kappa shape index (κ3) is 3.20. The molecule has 4 heteroatoms. The minimum atomic E-state index is -0.120. The zero-order chi connectivity index (χ0) is 11.4. The van der Waals surface area contributed by atoms with Gasteiger partial charge in [-0.15, -0.1) is 11.8 Å². The van der Waals surface area contributed by atoms with Crippen LogP contribution in [0.25, 0.3) is 0 Å². The molecule has 1 aromatic rings. The van der Waals surface area contributed by atoms with Crippen LogP contribution in [0.5, 0.6) is 0 Å². The maximum Gasteiger partial charge on any atom is 0.136 e. The molecular weight excluding hydrogens is 223 g/mol. The van der Waals surface area contributed by atoms with E-state index in [1.54, 1.807) is 17.8 Å². The van der Waals surface area contributed by atoms with Gasteiger partial charge in [0.15, 0.2) is 0 Å². The monoisotopic (exact) mass is 240 g/mol. The third-order valence-corrected chi connectivity index (χ3v) is 3.84. The van der Waals surface area contributed by atoms with Gasteiger partial charge in [-0.3, -0.25) is 0 Å². The molecule has 2 rings (SSSR count). The number of likely N-dealkylation sites (tertiary alicyclic amines) is 1. The second-order valence-corrected chi connectivity index (χ2v) is 5.26. The van der Waals surface area contributed by atoms with Crippen LogP contribution in [0.2, 0.25) is 0 Å². The summed E-state index contributed by atoms with van der Waals surface area (Å²) in [6.45, 7) is 3.06. The standard InChI is InChI=1S/C12H17FN2S/c13-11-3-1-2-4-12(11)16-8-7-15-6-5-10(14)9-15/h1-4,10H,5-9,14H2. The zero-order valence-corrected chi connectivity index (χ0v) is 10.0. The van der Waals surface area contributed by atoms with Gasteiger partial charge in [0.1, 0.15) is 5.82 Å². The first-order chi connectivity index (χ1) is 7.75. The highest BCUT2D eigenvalue weighted by atomic mass is 32.2. The lowest BCUT2D eigenvalue weighted by molar-refractivity contribution is 0.357. The number of rotatable bonds is 4. The maximum atomic E-state index is 13.3. The Morgan fingerprint density at radius 1 is 1.44 bits per heavy atom. The minimum absolute atomic E-state index is 0.120. The molecule has 1 fully saturated rings. The highest BCUT2D eigenvalue weighted by Crippen LogP contribution is 2.21. The Labute approximate surface area is 100 Å². The Kier molecular flexibility index (Phi) is 4.21. The van der Waals surface area contributed by atoms with Gasteiger partial charge >= 0.3 is 0 Å². The normalized spacial score (nSPS) is 21.5. The number of hydrogen-bond acceptors (Lipinski definition) is 3. The summed E-state index contributed by atoms with van der Waals surface area (Å²) in [5, 5.41) is 0. The van der Waals surface area contributed by atoms with E-state index in [-0.39, 0.29) is 5.82 Å². The minimum Gasteiger partial charge on any atom is -0.326 e. The fourth-order valence-corrected chi connectivity index (χ4v) is 2.86. The van der Waals surface area contributed by atoms with Crippen molar-refractivity contribution >= 4 is 11.8 Å². The predicted octanol–water partition coefficient (Wildman–Crippen LogP) is 1.95. The van der Waals surface area contributed by atoms with Gasteiger partial charge in [-0.05, 0) is 25.1 Å². The van der Waals surface area contributed by atoms with Gasteiger partial charge < -0.3 is 10.6 Å². The van der Waals surface area contributed by atoms with Crippen LogP contribution in [-0.2, 0) is 0 Å². The zero-order valence-electron chi connectivity index (χ0n) is 9.23. The van der Waals surface area contributed by atoms with Crippen molar-refractivity contribution in [3.05, 3.63) is 30.1 Å². The molecule has 0 spiro atoms. The maximum absolute atomic E-state index is 13.3. The van der Waals surface area contributed by atoms with E-state index in [0.717, 1.165) is 36.7 Å². The molecule has 1 heterocycles. The van der Waals surface area contributed by atoms with Crippen molar-refractivity contribution in [2.45, 2.75) is 17.4 Å². The quantitative estimate of drug-likeness (QED) is 0.816. The van der Waals surface area contributed by atoms with Crippen molar-refractivity contribution in [3.63, 3.8) is 0 Å². The number of nitrogens with zero attached hydrogens (tertiary/aromatic N) is 1. The van der Waals surface area contributed by atoms with Gasteiger partial charge in [-0.25, -0.2) is 4.39 Å². The molecule has 1 saturated heterocycles. The summed E-state index contributed by atoms with van der Waals surface area (Å²) in [6, 6.07) is 7.26. The van der Waals surface area contributed by atoms with Crippen molar-refractivity contribution in [2.24, 2.45) is 5.73 Å². The van der Waals surface area contributed by atoms with E-state index in [0.29, 0.717) is 6.04 Å². The van der Waals surface area contributed by atoms with Gasteiger partial charge in [0.25, 0.3) is 0 Å². The number of nitrogens with two attached hydrogens (primary N) is 1. The fraction of sp³-hybridized carbons (Fsp3) is 0.500. The topological polar surface area (TPSA) is 29.3 Å². The molecule has 0 amide bonds. The molecule has 88 valence electrons. The third-order valence-electron chi connectivity index (χ3n) is 2.81. The second-order valence-electron chi connectivity index (χ2n) is 4.13. The molecule has 1 unspecified atom stereocenters. The van der Waals surface area contributed by atoms with E-state index in [4.69, 9.17) is 5.73 Å². The first-order valence-electron chi connectivity index (χ1n) is 5.61. The summed E-state index contributed by atoms with van der Waals surface area (Å²) in [5.74, 6) is 0.804. The molecule has 2 nitrogen and oxygen atoms in total. The van der Waals surface area contributed by atoms with E-state index in [1.165, 1.54) is 6.07 Å². The summed E-state index contributed by atoms with van der Waals surface area (Å²) < 4.78 is 13.3. The van der Waals surface area contributed by atoms with Crippen LogP contribution in [0.4, 0.5) is 4.39 Å². The van der Waals surface area contributed by atoms with Crippen molar-refractivity contribution in [3.8, 4) is 0 Å². The first kappa shape index (κ1) is 11.9. The first-order valence-corrected chi connectivity index (χ1v) is 6.59. The molecule has 0 aromatic heterocycles. The van der Waals surface area contributed by atoms with Crippen LogP contribution < -0.4 is 5.73 Å². The Bertz CT molecular complexity index is 346. The molecule has 0 aliphatic carbocycles. The summed E-state index contributed by atoms with van der Waals surface area (Å²) in [6.07, 6.45) is 1.09. The van der Waals surface area contributed by atoms with E-state index < -0.39 is 0 Å². The summed E-state index contributed by atoms with van der Waals surface area (Å²) >= 11 is 1.58. The number of benzene rings is 1. The van der Waals surface area contributed by atoms with Gasteiger partial charge in [-0.1, -0.05) is 12.1 Å². The lowest BCUT2D eigenvalue weighted by Gasteiger charge is -2.14. The highest BCUT2D eigenvalue weighted by Gasteiger charge is 2.18. The Morgan fingerprint density at radius 3 is 2.94 bits per heavy atom. The Morgan fingerprint density at radius 2 is 2.25 bits per heavy atom. The molecule has 1 aliphatic rings. The molecule has 1 aliphatic heterocycles. The summed E-state index contributed by atoms with van der Waals surface area (Å²) in [5.41, 5.74) is 5.82. The lowest BCUT2D eigenvalue weighted by Crippen LogP contribution is -2.28. The van der Waals surface area contributed by atoms with Gasteiger partial charge in [0.2, 0.25) is 0 Å². The predicted molar refractivity (Wildman–Crippen MR) is 66.2 cm³/mol. The van der Waals surface area contributed by atoms with Crippen LogP contribution >= 0.6 is 11.8 Å². The SMILES string of the molecule is NC1CCN(CCSc2ccccc2F)C1. The number of halogens is 1. The van der Waals surface area contributed by atoms with E-state index in [2.05, 4.69) is 4.90 Å². The summed E-state index contributed by atoms with van der Waals surface area (Å²) in [7, 11) is 0. The van der Waals surface area contributed by atoms with Gasteiger partial charge in [0, 0.05) is 29.8 Å². The second kappa shape index (κ2) is 5.66. The van der Waals surface area contributed by atoms with E-state index in [1.807, 2.05) is 12.1 Å². The molecule has 2 N–H and O–H groups in total. The fourth-order valence-electron chi connectivity index (χ4n) is 1.91. The van der Waals surface area contributed by atoms with Crippen LogP contribution in [0.3, 0.4) is 0 Å². The number of thioether (sulfide) groups is 1. The van der Waals surface area contributed by atoms with Crippen molar-refractivity contribution in [1.29, 1.82) is 0 Å². The molecular formula is C12H17FN2S. The molecule has 1 atom stereocenters. The average molecular weight is 240 g/mol. The average Bonchev–Trinajstić information content (AvgIpc) is 2.67. The van der Waals surface area contributed by atoms with Crippen LogP contribution in [-0.4, -0.2) is 36.3 Å². The van der Waals surface area contributed by atoms with E-state index in [9.17, 15) is 4.39 Å². The van der Waals surface area contributed by atoms with Crippen LogP contribution in [0, 0.1) is 5.82 Å². The van der Waals surface area contributed by atoms with Crippen molar-refractivity contribution in [2.75, 3.05) is 25.4 Å². The highest BCUT2D eigenvalue weighted by molar-refractivity contribution is 7.99. The molecule has 0 radical (unpaired) electrons.